The largest absolute Gasteiger partial charge is 0.441 e. The minimum atomic E-state index is -4.07. The van der Waals surface area contributed by atoms with Gasteiger partial charge in [0.15, 0.2) is 11.5 Å². The number of carbonyl (C=O) groups is 1. The first-order valence-corrected chi connectivity index (χ1v) is 11.8. The normalized spacial score (nSPS) is 11.6. The molecule has 0 fully saturated rings. The number of sulfonamides is 1. The Kier molecular flexibility index (Phi) is 5.33. The molecular formula is C24H17FN4O5S. The quantitative estimate of drug-likeness (QED) is 0.337. The lowest BCUT2D eigenvalue weighted by Crippen LogP contribution is -2.18. The first-order chi connectivity index (χ1) is 16.7. The summed E-state index contributed by atoms with van der Waals surface area (Å²) in [6.07, 6.45) is 0. The van der Waals surface area contributed by atoms with Crippen LogP contribution in [0.4, 0.5) is 15.8 Å². The van der Waals surface area contributed by atoms with Gasteiger partial charge < -0.3 is 14.7 Å². The van der Waals surface area contributed by atoms with Crippen LogP contribution in [0, 0.1) is 12.7 Å². The fraction of sp³-hybridized carbons (Fsp3) is 0.0417. The summed E-state index contributed by atoms with van der Waals surface area (Å²) in [6.45, 7) is 1.71. The molecule has 2 aromatic heterocycles. The minimum Gasteiger partial charge on any atom is -0.441 e. The number of aromatic amines is 1. The predicted octanol–water partition coefficient (Wildman–Crippen LogP) is 4.17. The molecule has 176 valence electrons. The highest BCUT2D eigenvalue weighted by atomic mass is 32.2. The van der Waals surface area contributed by atoms with Gasteiger partial charge in [0.25, 0.3) is 15.9 Å². The molecule has 5 aromatic rings. The number of aromatic nitrogens is 2. The number of anilines is 2. The molecule has 5 rings (SSSR count). The first-order valence-electron chi connectivity index (χ1n) is 10.3. The molecular weight excluding hydrogens is 475 g/mol. The third-order valence-electron chi connectivity index (χ3n) is 5.22. The summed E-state index contributed by atoms with van der Waals surface area (Å²) in [6, 6.07) is 14.8. The van der Waals surface area contributed by atoms with Gasteiger partial charge in [-0.1, -0.05) is 0 Å². The van der Waals surface area contributed by atoms with Crippen molar-refractivity contribution in [3.05, 3.63) is 94.4 Å². The number of carbonyl (C=O) groups excluding carboxylic acids is 1. The van der Waals surface area contributed by atoms with Crippen LogP contribution in [-0.2, 0) is 10.0 Å². The number of nitrogens with zero attached hydrogens (tertiary/aromatic N) is 1. The van der Waals surface area contributed by atoms with Gasteiger partial charge in [-0.15, -0.1) is 0 Å². The van der Waals surface area contributed by atoms with E-state index in [2.05, 4.69) is 20.0 Å². The van der Waals surface area contributed by atoms with Crippen molar-refractivity contribution in [3.8, 4) is 0 Å². The number of hydrogen-bond acceptors (Lipinski definition) is 6. The Morgan fingerprint density at radius 1 is 1.00 bits per heavy atom. The van der Waals surface area contributed by atoms with Gasteiger partial charge in [-0.25, -0.2) is 17.8 Å². The zero-order valence-corrected chi connectivity index (χ0v) is 18.9. The maximum atomic E-state index is 13.2. The minimum absolute atomic E-state index is 0.0148. The molecule has 0 aliphatic heterocycles. The van der Waals surface area contributed by atoms with Crippen molar-refractivity contribution >= 4 is 49.3 Å². The van der Waals surface area contributed by atoms with Crippen LogP contribution in [0.5, 0.6) is 0 Å². The van der Waals surface area contributed by atoms with Crippen LogP contribution in [0.15, 0.2) is 80.8 Å². The maximum absolute atomic E-state index is 13.2. The number of halogens is 1. The van der Waals surface area contributed by atoms with Crippen molar-refractivity contribution in [2.45, 2.75) is 11.8 Å². The van der Waals surface area contributed by atoms with E-state index in [1.807, 2.05) is 0 Å². The van der Waals surface area contributed by atoms with Crippen molar-refractivity contribution in [3.63, 3.8) is 0 Å². The van der Waals surface area contributed by atoms with Crippen LogP contribution in [0.1, 0.15) is 16.2 Å². The molecule has 9 nitrogen and oxygen atoms in total. The van der Waals surface area contributed by atoms with E-state index in [1.54, 1.807) is 25.1 Å². The molecule has 2 heterocycles. The second kappa shape index (κ2) is 8.37. The summed E-state index contributed by atoms with van der Waals surface area (Å²) in [5.41, 5.74) is 1.45. The van der Waals surface area contributed by atoms with Gasteiger partial charge in [-0.3, -0.25) is 14.3 Å². The Bertz CT molecular complexity index is 1780. The Labute approximate surface area is 197 Å². The number of H-pyrrole nitrogens is 1. The highest BCUT2D eigenvalue weighted by Crippen LogP contribution is 2.24. The Balaban J connectivity index is 1.51. The number of rotatable bonds is 5. The molecule has 0 saturated heterocycles. The Morgan fingerprint density at radius 2 is 1.74 bits per heavy atom. The third-order valence-corrected chi connectivity index (χ3v) is 6.60. The average Bonchev–Trinajstić information content (AvgIpc) is 3.18. The lowest BCUT2D eigenvalue weighted by Gasteiger charge is -2.11. The molecule has 0 spiro atoms. The first kappa shape index (κ1) is 22.3. The van der Waals surface area contributed by atoms with Crippen molar-refractivity contribution in [2.24, 2.45) is 0 Å². The van der Waals surface area contributed by atoms with E-state index < -0.39 is 27.3 Å². The lowest BCUT2D eigenvalue weighted by molar-refractivity contribution is 0.102. The van der Waals surface area contributed by atoms with Crippen molar-refractivity contribution in [1.82, 2.24) is 9.97 Å². The van der Waals surface area contributed by atoms with Crippen LogP contribution < -0.4 is 15.6 Å². The number of aryl methyl sites for hydroxylation is 1. The second-order valence-electron chi connectivity index (χ2n) is 7.74. The van der Waals surface area contributed by atoms with Gasteiger partial charge in [0.2, 0.25) is 5.56 Å². The van der Waals surface area contributed by atoms with E-state index in [0.717, 1.165) is 18.2 Å². The molecule has 3 N–H and O–H groups in total. The van der Waals surface area contributed by atoms with Gasteiger partial charge in [0, 0.05) is 35.3 Å². The van der Waals surface area contributed by atoms with E-state index in [9.17, 15) is 22.4 Å². The van der Waals surface area contributed by atoms with Gasteiger partial charge in [0.1, 0.15) is 11.3 Å². The monoisotopic (exact) mass is 492 g/mol. The lowest BCUT2D eigenvalue weighted by atomic mass is 10.1. The molecule has 0 aliphatic carbocycles. The molecule has 0 unspecified atom stereocenters. The molecule has 0 bridgehead atoms. The SMILES string of the molecule is Cc1nc2cc(NC(=O)c3cc(=O)[nH]c4ccc(S(=O)(=O)Nc5ccc(F)cc5)cc34)ccc2o1. The molecule has 0 saturated carbocycles. The third kappa shape index (κ3) is 4.49. The number of amides is 1. The van der Waals surface area contributed by atoms with Crippen molar-refractivity contribution < 1.29 is 22.0 Å². The number of hydrogen-bond donors (Lipinski definition) is 3. The summed E-state index contributed by atoms with van der Waals surface area (Å²) >= 11 is 0. The molecule has 3 aromatic carbocycles. The number of pyridine rings is 1. The second-order valence-corrected chi connectivity index (χ2v) is 9.42. The predicted molar refractivity (Wildman–Crippen MR) is 128 cm³/mol. The highest BCUT2D eigenvalue weighted by molar-refractivity contribution is 7.92. The molecule has 35 heavy (non-hydrogen) atoms. The summed E-state index contributed by atoms with van der Waals surface area (Å²) in [4.78, 5) is 31.9. The van der Waals surface area contributed by atoms with E-state index in [0.29, 0.717) is 22.7 Å². The smallest absolute Gasteiger partial charge is 0.261 e. The van der Waals surface area contributed by atoms with Gasteiger partial charge in [-0.05, 0) is 60.7 Å². The van der Waals surface area contributed by atoms with Crippen LogP contribution in [0.2, 0.25) is 0 Å². The van der Waals surface area contributed by atoms with E-state index in [4.69, 9.17) is 4.42 Å². The fourth-order valence-electron chi connectivity index (χ4n) is 3.64. The summed E-state index contributed by atoms with van der Waals surface area (Å²) < 4.78 is 46.7. The maximum Gasteiger partial charge on any atom is 0.261 e. The van der Waals surface area contributed by atoms with E-state index in [1.165, 1.54) is 30.3 Å². The molecule has 0 radical (unpaired) electrons. The summed E-state index contributed by atoms with van der Waals surface area (Å²) in [7, 11) is -4.07. The van der Waals surface area contributed by atoms with Crippen molar-refractivity contribution in [1.29, 1.82) is 0 Å². The fourth-order valence-corrected chi connectivity index (χ4v) is 4.72. The summed E-state index contributed by atoms with van der Waals surface area (Å²) in [5, 5.41) is 2.93. The molecule has 11 heteroatoms. The highest BCUT2D eigenvalue weighted by Gasteiger charge is 2.19. The molecule has 1 amide bonds. The number of fused-ring (bicyclic) bond motifs is 2. The number of nitrogens with one attached hydrogen (secondary N) is 3. The number of benzene rings is 3. The zero-order valence-electron chi connectivity index (χ0n) is 18.1. The standard InChI is InChI=1S/C24H17FN4O5S/c1-13-26-21-10-16(6-9-22(21)34-13)27-24(31)19-12-23(30)28-20-8-7-17(11-18(19)20)35(32,33)29-15-4-2-14(25)3-5-15/h2-12,29H,1H3,(H,27,31)(H,28,30). The van der Waals surface area contributed by atoms with Crippen molar-refractivity contribution in [2.75, 3.05) is 10.0 Å². The number of oxazole rings is 1. The van der Waals surface area contributed by atoms with Crippen LogP contribution in [-0.4, -0.2) is 24.3 Å². The van der Waals surface area contributed by atoms with Gasteiger partial charge in [-0.2, -0.15) is 0 Å². The van der Waals surface area contributed by atoms with Crippen LogP contribution in [0.3, 0.4) is 0 Å². The van der Waals surface area contributed by atoms with E-state index >= 15 is 0 Å². The van der Waals surface area contributed by atoms with Crippen LogP contribution in [0.25, 0.3) is 22.0 Å². The van der Waals surface area contributed by atoms with Gasteiger partial charge in [0.05, 0.1) is 10.5 Å². The van der Waals surface area contributed by atoms with Gasteiger partial charge >= 0.3 is 0 Å². The zero-order chi connectivity index (χ0) is 24.7. The topological polar surface area (TPSA) is 134 Å². The Morgan fingerprint density at radius 3 is 2.51 bits per heavy atom. The van der Waals surface area contributed by atoms with E-state index in [-0.39, 0.29) is 27.0 Å². The molecule has 0 aliphatic rings. The average molecular weight is 492 g/mol. The Hall–Kier alpha value is -4.51. The molecule has 0 atom stereocenters. The van der Waals surface area contributed by atoms with Crippen LogP contribution >= 0.6 is 0 Å². The summed E-state index contributed by atoms with van der Waals surface area (Å²) in [5.74, 6) is -0.634.